The molecular weight excluding hydrogens is 404 g/mol. The van der Waals surface area contributed by atoms with Gasteiger partial charge in [-0.2, -0.15) is 0 Å². The number of likely N-dealkylation sites (tertiary alicyclic amines) is 1. The molecule has 1 amide bonds. The van der Waals surface area contributed by atoms with E-state index in [0.717, 1.165) is 41.8 Å². The third-order valence-electron chi connectivity index (χ3n) is 4.82. The van der Waals surface area contributed by atoms with Gasteiger partial charge in [-0.05, 0) is 69.7 Å². The molecule has 0 saturated carbocycles. The molecule has 0 bridgehead atoms. The van der Waals surface area contributed by atoms with E-state index < -0.39 is 5.60 Å². The van der Waals surface area contributed by atoms with E-state index in [2.05, 4.69) is 32.2 Å². The fraction of sp³-hybridized carbons (Fsp3) is 0.632. The highest BCUT2D eigenvalue weighted by Gasteiger charge is 2.34. The zero-order chi connectivity index (χ0) is 18.2. The zero-order valence-corrected chi connectivity index (χ0v) is 17.4. The van der Waals surface area contributed by atoms with Gasteiger partial charge >= 0.3 is 6.09 Å². The Hall–Kier alpha value is -0.780. The lowest BCUT2D eigenvalue weighted by atomic mass is 9.87. The van der Waals surface area contributed by atoms with Crippen molar-refractivity contribution in [3.63, 3.8) is 0 Å². The van der Waals surface area contributed by atoms with Gasteiger partial charge in [-0.25, -0.2) is 4.79 Å². The van der Waals surface area contributed by atoms with Crippen molar-refractivity contribution in [2.24, 2.45) is 0 Å². The smallest absolute Gasteiger partial charge is 0.407 e. The molecular formula is C19H26BrClN2O2. The standard InChI is InChI=1S/C19H26BrClN2O2/c1-19(2,3)25-18(24)22-14-7-8-23(11-14)16-6-4-5-12-9-13(21)10-15(20)17(12)16/h9-10,14,16H,4-8,11H2,1-3H3,(H,22,24)/t14-,16+/m1/s1. The second-order valence-electron chi connectivity index (χ2n) is 8.00. The first-order valence-corrected chi connectivity index (χ1v) is 10.1. The number of benzene rings is 1. The fourth-order valence-electron chi connectivity index (χ4n) is 3.88. The summed E-state index contributed by atoms with van der Waals surface area (Å²) in [5, 5.41) is 3.81. The van der Waals surface area contributed by atoms with Gasteiger partial charge in [0, 0.05) is 34.7 Å². The number of aryl methyl sites for hydroxylation is 1. The Kier molecular flexibility index (Phi) is 5.66. The Labute approximate surface area is 163 Å². The highest BCUT2D eigenvalue weighted by Crippen LogP contribution is 2.41. The number of carbonyl (C=O) groups excluding carboxylic acids is 1. The monoisotopic (exact) mass is 428 g/mol. The van der Waals surface area contributed by atoms with Crippen molar-refractivity contribution in [2.45, 2.75) is 64.1 Å². The molecule has 3 rings (SSSR count). The number of carbonyl (C=O) groups is 1. The van der Waals surface area contributed by atoms with Gasteiger partial charge < -0.3 is 10.1 Å². The minimum Gasteiger partial charge on any atom is -0.444 e. The number of alkyl carbamates (subject to hydrolysis) is 1. The number of amides is 1. The summed E-state index contributed by atoms with van der Waals surface area (Å²) in [6.07, 6.45) is 4.03. The van der Waals surface area contributed by atoms with Crippen molar-refractivity contribution in [1.29, 1.82) is 0 Å². The Morgan fingerprint density at radius 1 is 1.36 bits per heavy atom. The van der Waals surface area contributed by atoms with Crippen LogP contribution in [-0.4, -0.2) is 35.7 Å². The molecule has 1 saturated heterocycles. The van der Waals surface area contributed by atoms with Crippen LogP contribution in [0.4, 0.5) is 4.79 Å². The summed E-state index contributed by atoms with van der Waals surface area (Å²) in [6.45, 7) is 7.50. The lowest BCUT2D eigenvalue weighted by molar-refractivity contribution is 0.0504. The SMILES string of the molecule is CC(C)(C)OC(=O)N[C@@H]1CCN([C@H]2CCCc3cc(Cl)cc(Br)c32)C1. The maximum Gasteiger partial charge on any atom is 0.407 e. The molecule has 1 aromatic carbocycles. The van der Waals surface area contributed by atoms with Crippen molar-refractivity contribution in [3.05, 3.63) is 32.8 Å². The van der Waals surface area contributed by atoms with Gasteiger partial charge in [0.25, 0.3) is 0 Å². The average molecular weight is 430 g/mol. The molecule has 2 aliphatic rings. The van der Waals surface area contributed by atoms with Crippen LogP contribution >= 0.6 is 27.5 Å². The van der Waals surface area contributed by atoms with Crippen LogP contribution in [0.5, 0.6) is 0 Å². The van der Waals surface area contributed by atoms with Crippen LogP contribution in [0.1, 0.15) is 57.2 Å². The van der Waals surface area contributed by atoms with Crippen LogP contribution in [0, 0.1) is 0 Å². The van der Waals surface area contributed by atoms with Crippen molar-refractivity contribution >= 4 is 33.6 Å². The van der Waals surface area contributed by atoms with Crippen LogP contribution in [0.3, 0.4) is 0 Å². The molecule has 1 fully saturated rings. The number of halogens is 2. The van der Waals surface area contributed by atoms with Gasteiger partial charge in [0.2, 0.25) is 0 Å². The molecule has 1 aromatic rings. The van der Waals surface area contributed by atoms with Gasteiger partial charge in [-0.15, -0.1) is 0 Å². The van der Waals surface area contributed by atoms with Crippen LogP contribution in [-0.2, 0) is 11.2 Å². The highest BCUT2D eigenvalue weighted by atomic mass is 79.9. The third-order valence-corrected chi connectivity index (χ3v) is 5.69. The number of hydrogen-bond donors (Lipinski definition) is 1. The highest BCUT2D eigenvalue weighted by molar-refractivity contribution is 9.10. The van der Waals surface area contributed by atoms with Crippen molar-refractivity contribution < 1.29 is 9.53 Å². The molecule has 25 heavy (non-hydrogen) atoms. The molecule has 2 atom stereocenters. The summed E-state index contributed by atoms with van der Waals surface area (Å²) in [5.74, 6) is 0. The Bertz CT molecular complexity index is 660. The first-order chi connectivity index (χ1) is 11.7. The van der Waals surface area contributed by atoms with E-state index in [4.69, 9.17) is 16.3 Å². The number of nitrogens with zero attached hydrogens (tertiary/aromatic N) is 1. The van der Waals surface area contributed by atoms with E-state index in [1.54, 1.807) is 0 Å². The van der Waals surface area contributed by atoms with E-state index in [9.17, 15) is 4.79 Å². The Morgan fingerprint density at radius 2 is 2.12 bits per heavy atom. The molecule has 1 heterocycles. The quantitative estimate of drug-likeness (QED) is 0.713. The predicted molar refractivity (Wildman–Crippen MR) is 104 cm³/mol. The zero-order valence-electron chi connectivity index (χ0n) is 15.1. The molecule has 1 aliphatic heterocycles. The molecule has 0 spiro atoms. The van der Waals surface area contributed by atoms with Crippen LogP contribution in [0.25, 0.3) is 0 Å². The van der Waals surface area contributed by atoms with E-state index >= 15 is 0 Å². The van der Waals surface area contributed by atoms with E-state index in [-0.39, 0.29) is 12.1 Å². The normalized spacial score (nSPS) is 24.0. The predicted octanol–water partition coefficient (Wildman–Crippen LogP) is 5.08. The fourth-order valence-corrected chi connectivity index (χ4v) is 5.01. The first-order valence-electron chi connectivity index (χ1n) is 8.94. The van der Waals surface area contributed by atoms with Gasteiger partial charge in [0.15, 0.2) is 0 Å². The molecule has 0 unspecified atom stereocenters. The molecule has 4 nitrogen and oxygen atoms in total. The first kappa shape index (κ1) is 19.0. The maximum absolute atomic E-state index is 12.0. The van der Waals surface area contributed by atoms with Crippen molar-refractivity contribution in [3.8, 4) is 0 Å². The lowest BCUT2D eigenvalue weighted by Crippen LogP contribution is -2.41. The average Bonchev–Trinajstić information content (AvgIpc) is 2.92. The Morgan fingerprint density at radius 3 is 2.84 bits per heavy atom. The van der Waals surface area contributed by atoms with Crippen LogP contribution in [0.2, 0.25) is 5.02 Å². The molecule has 1 aliphatic carbocycles. The van der Waals surface area contributed by atoms with Crippen molar-refractivity contribution in [1.82, 2.24) is 10.2 Å². The van der Waals surface area contributed by atoms with E-state index in [1.807, 2.05) is 26.8 Å². The van der Waals surface area contributed by atoms with Gasteiger partial charge in [-0.1, -0.05) is 27.5 Å². The summed E-state index contributed by atoms with van der Waals surface area (Å²) in [6, 6.07) is 4.62. The lowest BCUT2D eigenvalue weighted by Gasteiger charge is -2.34. The minimum absolute atomic E-state index is 0.145. The van der Waals surface area contributed by atoms with E-state index in [1.165, 1.54) is 17.5 Å². The van der Waals surface area contributed by atoms with Crippen LogP contribution in [0.15, 0.2) is 16.6 Å². The maximum atomic E-state index is 12.0. The number of rotatable bonds is 2. The van der Waals surface area contributed by atoms with E-state index in [0.29, 0.717) is 6.04 Å². The Balaban J connectivity index is 1.67. The topological polar surface area (TPSA) is 41.6 Å². The summed E-state index contributed by atoms with van der Waals surface area (Å²) < 4.78 is 6.48. The molecule has 138 valence electrons. The van der Waals surface area contributed by atoms with Gasteiger partial charge in [0.05, 0.1) is 0 Å². The summed E-state index contributed by atoms with van der Waals surface area (Å²) in [4.78, 5) is 14.5. The summed E-state index contributed by atoms with van der Waals surface area (Å²) >= 11 is 9.93. The molecule has 0 radical (unpaired) electrons. The second kappa shape index (κ2) is 7.45. The van der Waals surface area contributed by atoms with Gasteiger partial charge in [-0.3, -0.25) is 4.90 Å². The number of nitrogens with one attached hydrogen (secondary N) is 1. The molecule has 6 heteroatoms. The van der Waals surface area contributed by atoms with Gasteiger partial charge in [0.1, 0.15) is 5.60 Å². The van der Waals surface area contributed by atoms with Crippen LogP contribution < -0.4 is 5.32 Å². The number of ether oxygens (including phenoxy) is 1. The second-order valence-corrected chi connectivity index (χ2v) is 9.29. The van der Waals surface area contributed by atoms with Crippen molar-refractivity contribution in [2.75, 3.05) is 13.1 Å². The largest absolute Gasteiger partial charge is 0.444 e. The minimum atomic E-state index is -0.463. The number of fused-ring (bicyclic) bond motifs is 1. The molecule has 1 N–H and O–H groups in total. The third kappa shape index (κ3) is 4.69. The molecule has 0 aromatic heterocycles. The summed E-state index contributed by atoms with van der Waals surface area (Å²) in [7, 11) is 0. The summed E-state index contributed by atoms with van der Waals surface area (Å²) in [5.41, 5.74) is 2.25. The number of hydrogen-bond acceptors (Lipinski definition) is 3.